The van der Waals surface area contributed by atoms with E-state index in [1.165, 1.54) is 0 Å². The van der Waals surface area contributed by atoms with Crippen LogP contribution in [-0.2, 0) is 0 Å². The van der Waals surface area contributed by atoms with Crippen molar-refractivity contribution in [1.82, 2.24) is 20.2 Å². The van der Waals surface area contributed by atoms with Crippen molar-refractivity contribution in [1.29, 1.82) is 0 Å². The summed E-state index contributed by atoms with van der Waals surface area (Å²) in [5.41, 5.74) is 3.05. The van der Waals surface area contributed by atoms with Crippen LogP contribution in [0.15, 0.2) is 30.5 Å². The van der Waals surface area contributed by atoms with Crippen LogP contribution >= 0.6 is 11.6 Å². The maximum absolute atomic E-state index is 6.08. The molecule has 1 aliphatic heterocycles. The molecule has 1 aliphatic rings. The van der Waals surface area contributed by atoms with E-state index in [1.54, 1.807) is 6.07 Å². The second-order valence-corrected chi connectivity index (χ2v) is 6.62. The Bertz CT molecular complexity index is 841. The average Bonchev–Trinajstić information content (AvgIpc) is 3.02. The van der Waals surface area contributed by atoms with Crippen molar-refractivity contribution in [3.8, 4) is 0 Å². The smallest absolute Gasteiger partial charge is 0.227 e. The van der Waals surface area contributed by atoms with E-state index < -0.39 is 0 Å². The molecular weight excluding hydrogens is 324 g/mol. The fourth-order valence-electron chi connectivity index (χ4n) is 3.20. The third kappa shape index (κ3) is 3.14. The van der Waals surface area contributed by atoms with Gasteiger partial charge in [0.15, 0.2) is 0 Å². The summed E-state index contributed by atoms with van der Waals surface area (Å²) in [6.07, 6.45) is 4.07. The summed E-state index contributed by atoms with van der Waals surface area (Å²) in [7, 11) is 0. The Labute approximate surface area is 145 Å². The molecule has 0 saturated carbocycles. The van der Waals surface area contributed by atoms with Crippen LogP contribution < -0.4 is 10.2 Å². The van der Waals surface area contributed by atoms with Gasteiger partial charge in [-0.15, -0.1) is 0 Å². The number of aromatic amines is 1. The summed E-state index contributed by atoms with van der Waals surface area (Å²) in [4.78, 5) is 11.1. The van der Waals surface area contributed by atoms with E-state index in [1.807, 2.05) is 13.1 Å². The van der Waals surface area contributed by atoms with Gasteiger partial charge in [0, 0.05) is 35.9 Å². The van der Waals surface area contributed by atoms with Crippen molar-refractivity contribution in [3.63, 3.8) is 0 Å². The number of nitrogens with zero attached hydrogens (tertiary/aromatic N) is 4. The first-order chi connectivity index (χ1) is 11.7. The van der Waals surface area contributed by atoms with E-state index in [9.17, 15) is 0 Å². The molecule has 2 N–H and O–H groups in total. The topological polar surface area (TPSA) is 69.7 Å². The highest BCUT2D eigenvalue weighted by Gasteiger charge is 2.22. The maximum atomic E-state index is 6.08. The molecule has 3 heterocycles. The lowest BCUT2D eigenvalue weighted by molar-refractivity contribution is 0.522. The summed E-state index contributed by atoms with van der Waals surface area (Å²) in [6, 6.07) is 8.39. The molecule has 0 spiro atoms. The number of benzene rings is 1. The van der Waals surface area contributed by atoms with E-state index in [2.05, 4.69) is 48.6 Å². The van der Waals surface area contributed by atoms with Crippen molar-refractivity contribution >= 4 is 34.1 Å². The van der Waals surface area contributed by atoms with Crippen LogP contribution in [0.1, 0.15) is 18.5 Å². The van der Waals surface area contributed by atoms with Gasteiger partial charge in [-0.2, -0.15) is 5.10 Å². The van der Waals surface area contributed by atoms with E-state index in [4.69, 9.17) is 11.6 Å². The Hall–Kier alpha value is -2.34. The molecule has 1 fully saturated rings. The highest BCUT2D eigenvalue weighted by Crippen LogP contribution is 2.23. The van der Waals surface area contributed by atoms with Crippen molar-refractivity contribution < 1.29 is 0 Å². The zero-order valence-corrected chi connectivity index (χ0v) is 14.2. The van der Waals surface area contributed by atoms with Gasteiger partial charge in [0.1, 0.15) is 5.15 Å². The van der Waals surface area contributed by atoms with Gasteiger partial charge >= 0.3 is 0 Å². The number of aromatic nitrogens is 4. The van der Waals surface area contributed by atoms with E-state index in [0.29, 0.717) is 11.2 Å². The van der Waals surface area contributed by atoms with Crippen molar-refractivity contribution in [2.24, 2.45) is 0 Å². The lowest BCUT2D eigenvalue weighted by Gasteiger charge is -2.33. The number of fused-ring (bicyclic) bond motifs is 1. The average molecular weight is 343 g/mol. The normalized spacial score (nSPS) is 18.1. The Morgan fingerprint density at radius 1 is 1.29 bits per heavy atom. The Balaban J connectivity index is 1.49. The predicted molar refractivity (Wildman–Crippen MR) is 96.7 cm³/mol. The van der Waals surface area contributed by atoms with Gasteiger partial charge in [-0.05, 0) is 44.0 Å². The van der Waals surface area contributed by atoms with Crippen LogP contribution in [0.3, 0.4) is 0 Å². The molecule has 1 aromatic carbocycles. The zero-order chi connectivity index (χ0) is 16.5. The van der Waals surface area contributed by atoms with Gasteiger partial charge < -0.3 is 10.2 Å². The highest BCUT2D eigenvalue weighted by molar-refractivity contribution is 6.29. The summed E-state index contributed by atoms with van der Waals surface area (Å²) in [5, 5.41) is 12.3. The first-order valence-electron chi connectivity index (χ1n) is 8.13. The molecule has 7 heteroatoms. The van der Waals surface area contributed by atoms with Crippen LogP contribution in [0.4, 0.5) is 11.6 Å². The lowest BCUT2D eigenvalue weighted by atomic mass is 10.1. The van der Waals surface area contributed by atoms with E-state index in [-0.39, 0.29) is 0 Å². The molecular formula is C17H19ClN6. The third-order valence-electron chi connectivity index (χ3n) is 4.33. The fourth-order valence-corrected chi connectivity index (χ4v) is 3.43. The second-order valence-electron chi connectivity index (χ2n) is 6.23. The highest BCUT2D eigenvalue weighted by atomic mass is 35.5. The zero-order valence-electron chi connectivity index (χ0n) is 13.5. The lowest BCUT2D eigenvalue weighted by Crippen LogP contribution is -2.43. The number of anilines is 2. The Morgan fingerprint density at radius 3 is 3.08 bits per heavy atom. The van der Waals surface area contributed by atoms with Gasteiger partial charge in [0.25, 0.3) is 0 Å². The molecule has 0 amide bonds. The molecule has 1 saturated heterocycles. The monoisotopic (exact) mass is 342 g/mol. The van der Waals surface area contributed by atoms with E-state index in [0.717, 1.165) is 54.2 Å². The van der Waals surface area contributed by atoms with Crippen molar-refractivity contribution in [2.75, 3.05) is 23.3 Å². The molecule has 6 nitrogen and oxygen atoms in total. The number of H-pyrrole nitrogens is 1. The quantitative estimate of drug-likeness (QED) is 0.714. The number of piperidine rings is 1. The largest absolute Gasteiger partial charge is 0.381 e. The van der Waals surface area contributed by atoms with Gasteiger partial charge in [-0.25, -0.2) is 9.97 Å². The maximum Gasteiger partial charge on any atom is 0.227 e. The number of hydrogen-bond donors (Lipinski definition) is 2. The number of rotatable bonds is 3. The molecule has 1 unspecified atom stereocenters. The number of hydrogen-bond acceptors (Lipinski definition) is 5. The first kappa shape index (κ1) is 15.2. The molecule has 3 aromatic rings. The molecule has 0 bridgehead atoms. The van der Waals surface area contributed by atoms with Crippen LogP contribution in [0.5, 0.6) is 0 Å². The second kappa shape index (κ2) is 6.28. The first-order valence-corrected chi connectivity index (χ1v) is 8.51. The van der Waals surface area contributed by atoms with Gasteiger partial charge in [0.2, 0.25) is 5.95 Å². The van der Waals surface area contributed by atoms with Crippen LogP contribution in [-0.4, -0.2) is 39.3 Å². The van der Waals surface area contributed by atoms with Gasteiger partial charge in [-0.3, -0.25) is 5.10 Å². The van der Waals surface area contributed by atoms with Crippen LogP contribution in [0, 0.1) is 6.92 Å². The number of halogens is 1. The van der Waals surface area contributed by atoms with Gasteiger partial charge in [-0.1, -0.05) is 11.6 Å². The number of nitrogens with one attached hydrogen (secondary N) is 2. The molecule has 24 heavy (non-hydrogen) atoms. The molecule has 0 radical (unpaired) electrons. The summed E-state index contributed by atoms with van der Waals surface area (Å²) >= 11 is 6.08. The van der Waals surface area contributed by atoms with Crippen LogP contribution in [0.2, 0.25) is 5.15 Å². The number of aryl methyl sites for hydroxylation is 1. The molecule has 2 aromatic heterocycles. The van der Waals surface area contributed by atoms with Crippen molar-refractivity contribution in [2.45, 2.75) is 25.8 Å². The summed E-state index contributed by atoms with van der Waals surface area (Å²) in [5.74, 6) is 0.719. The molecule has 124 valence electrons. The minimum atomic E-state index is 0.353. The molecule has 0 aliphatic carbocycles. The van der Waals surface area contributed by atoms with Crippen molar-refractivity contribution in [3.05, 3.63) is 41.3 Å². The molecule has 1 atom stereocenters. The standard InChI is InChI=1S/C17H19ClN6/c1-11-7-16(18)22-17(20-11)24-6-2-3-14(10-24)21-13-4-5-15-12(8-13)9-19-23-15/h4-5,7-9,14,21H,2-3,6,10H2,1H3,(H,19,23). The summed E-state index contributed by atoms with van der Waals surface area (Å²) in [6.45, 7) is 3.76. The third-order valence-corrected chi connectivity index (χ3v) is 4.52. The minimum absolute atomic E-state index is 0.353. The van der Waals surface area contributed by atoms with Crippen LogP contribution in [0.25, 0.3) is 10.9 Å². The SMILES string of the molecule is Cc1cc(Cl)nc(N2CCCC(Nc3ccc4[nH]ncc4c3)C2)n1. The van der Waals surface area contributed by atoms with Gasteiger partial charge in [0.05, 0.1) is 11.7 Å². The predicted octanol–water partition coefficient (Wildman–Crippen LogP) is 3.40. The fraction of sp³-hybridized carbons (Fsp3) is 0.353. The Morgan fingerprint density at radius 2 is 2.21 bits per heavy atom. The Kier molecular flexibility index (Phi) is 3.98. The minimum Gasteiger partial charge on any atom is -0.381 e. The molecule has 4 rings (SSSR count). The summed E-state index contributed by atoms with van der Waals surface area (Å²) < 4.78 is 0. The van der Waals surface area contributed by atoms with E-state index >= 15 is 0 Å².